The number of hydrogen-bond acceptors (Lipinski definition) is 5. The lowest BCUT2D eigenvalue weighted by Gasteiger charge is -2.32. The zero-order valence-electron chi connectivity index (χ0n) is 12.4. The summed E-state index contributed by atoms with van der Waals surface area (Å²) in [4.78, 5) is 24.6. The molecule has 1 aliphatic heterocycles. The third-order valence-electron chi connectivity index (χ3n) is 3.53. The van der Waals surface area contributed by atoms with E-state index in [1.165, 1.54) is 7.11 Å². The number of nitrogens with zero attached hydrogens (tertiary/aromatic N) is 1. The van der Waals surface area contributed by atoms with Crippen LogP contribution in [0.1, 0.15) is 34.1 Å². The SMILES string of the molecule is COC(=O)[N+]1(C(=O)OC(C)(C)C)C[C@@H](CN)CC1C. The second-order valence-corrected chi connectivity index (χ2v) is 6.19. The highest BCUT2D eigenvalue weighted by Gasteiger charge is 2.59. The quantitative estimate of drug-likeness (QED) is 0.738. The highest BCUT2D eigenvalue weighted by atomic mass is 16.6. The first kappa shape index (κ1) is 15.9. The van der Waals surface area contributed by atoms with Crippen LogP contribution in [-0.4, -0.2) is 48.5 Å². The minimum absolute atomic E-state index is 0.126. The maximum Gasteiger partial charge on any atom is 0.527 e. The Balaban J connectivity index is 3.08. The zero-order valence-corrected chi connectivity index (χ0v) is 12.4. The van der Waals surface area contributed by atoms with Gasteiger partial charge in [0.2, 0.25) is 0 Å². The van der Waals surface area contributed by atoms with Crippen LogP contribution in [0.2, 0.25) is 0 Å². The normalized spacial score (nSPS) is 31.1. The van der Waals surface area contributed by atoms with Crippen LogP contribution in [0.4, 0.5) is 9.59 Å². The lowest BCUT2D eigenvalue weighted by molar-refractivity contribution is -0.798. The first-order valence-corrected chi connectivity index (χ1v) is 6.57. The largest absolute Gasteiger partial charge is 0.527 e. The summed E-state index contributed by atoms with van der Waals surface area (Å²) in [6, 6.07) is -0.184. The molecular weight excluding hydrogens is 248 g/mol. The lowest BCUT2D eigenvalue weighted by atomic mass is 10.1. The van der Waals surface area contributed by atoms with Gasteiger partial charge in [0.05, 0.1) is 7.11 Å². The Morgan fingerprint density at radius 3 is 2.26 bits per heavy atom. The third kappa shape index (κ3) is 3.06. The molecule has 1 saturated heterocycles. The summed E-state index contributed by atoms with van der Waals surface area (Å²) in [6.45, 7) is 7.99. The van der Waals surface area contributed by atoms with Crippen molar-refractivity contribution in [3.8, 4) is 0 Å². The molecule has 110 valence electrons. The van der Waals surface area contributed by atoms with Crippen LogP contribution in [0.5, 0.6) is 0 Å². The van der Waals surface area contributed by atoms with Crippen LogP contribution >= 0.6 is 0 Å². The average Bonchev–Trinajstić information content (AvgIpc) is 2.64. The highest BCUT2D eigenvalue weighted by molar-refractivity contribution is 5.77. The molecule has 2 N–H and O–H groups in total. The molecule has 0 spiro atoms. The molecule has 3 atom stereocenters. The number of rotatable bonds is 1. The summed E-state index contributed by atoms with van der Waals surface area (Å²) >= 11 is 0. The van der Waals surface area contributed by atoms with E-state index in [-0.39, 0.29) is 12.0 Å². The van der Waals surface area contributed by atoms with E-state index in [0.29, 0.717) is 19.5 Å². The molecule has 0 bridgehead atoms. The van der Waals surface area contributed by atoms with Gasteiger partial charge in [0.1, 0.15) is 18.2 Å². The number of likely N-dealkylation sites (tertiary alicyclic amines) is 1. The van der Waals surface area contributed by atoms with Crippen LogP contribution in [-0.2, 0) is 9.47 Å². The van der Waals surface area contributed by atoms with Gasteiger partial charge in [-0.15, -0.1) is 4.48 Å². The smallest absolute Gasteiger partial charge is 0.423 e. The van der Waals surface area contributed by atoms with E-state index in [2.05, 4.69) is 0 Å². The van der Waals surface area contributed by atoms with Gasteiger partial charge in [0, 0.05) is 18.9 Å². The third-order valence-corrected chi connectivity index (χ3v) is 3.53. The van der Waals surface area contributed by atoms with Crippen molar-refractivity contribution in [3.05, 3.63) is 0 Å². The molecule has 0 aromatic heterocycles. The molecule has 1 heterocycles. The van der Waals surface area contributed by atoms with E-state index >= 15 is 0 Å². The summed E-state index contributed by atoms with van der Waals surface area (Å²) in [5.74, 6) is 0.126. The molecule has 19 heavy (non-hydrogen) atoms. The van der Waals surface area contributed by atoms with Crippen LogP contribution in [0.15, 0.2) is 0 Å². The van der Waals surface area contributed by atoms with Gasteiger partial charge in [-0.3, -0.25) is 0 Å². The number of amides is 2. The Morgan fingerprint density at radius 1 is 1.32 bits per heavy atom. The monoisotopic (exact) mass is 273 g/mol. The van der Waals surface area contributed by atoms with Crippen molar-refractivity contribution in [2.24, 2.45) is 11.7 Å². The van der Waals surface area contributed by atoms with Crippen molar-refractivity contribution >= 4 is 12.2 Å². The predicted molar refractivity (Wildman–Crippen MR) is 70.4 cm³/mol. The van der Waals surface area contributed by atoms with Crippen molar-refractivity contribution in [3.63, 3.8) is 0 Å². The number of methoxy groups -OCH3 is 1. The van der Waals surface area contributed by atoms with Gasteiger partial charge in [0.15, 0.2) is 0 Å². The van der Waals surface area contributed by atoms with Gasteiger partial charge in [-0.05, 0) is 27.7 Å². The standard InChI is InChI=1S/C13H25N2O4/c1-9-6-10(7-14)8-15(9,11(16)18-5)12(17)19-13(2,3)4/h9-10H,6-8,14H2,1-5H3/q+1/t9?,10-,15?/m1/s1. The fraction of sp³-hybridized carbons (Fsp3) is 0.846. The van der Waals surface area contributed by atoms with E-state index in [9.17, 15) is 9.59 Å². The van der Waals surface area contributed by atoms with Crippen LogP contribution in [0.3, 0.4) is 0 Å². The van der Waals surface area contributed by atoms with E-state index < -0.39 is 22.3 Å². The molecule has 2 unspecified atom stereocenters. The van der Waals surface area contributed by atoms with Gasteiger partial charge in [-0.1, -0.05) is 0 Å². The molecule has 0 aliphatic carbocycles. The number of imide groups is 1. The van der Waals surface area contributed by atoms with E-state index in [4.69, 9.17) is 15.2 Å². The first-order valence-electron chi connectivity index (χ1n) is 6.57. The number of ether oxygens (including phenoxy) is 2. The van der Waals surface area contributed by atoms with Gasteiger partial charge in [0.25, 0.3) is 0 Å². The van der Waals surface area contributed by atoms with Crippen molar-refractivity contribution in [2.75, 3.05) is 20.2 Å². The van der Waals surface area contributed by atoms with Gasteiger partial charge >= 0.3 is 12.2 Å². The topological polar surface area (TPSA) is 78.6 Å². The summed E-state index contributed by atoms with van der Waals surface area (Å²) in [6.07, 6.45) is -0.411. The second-order valence-electron chi connectivity index (χ2n) is 6.19. The Labute approximate surface area is 114 Å². The van der Waals surface area contributed by atoms with Crippen LogP contribution < -0.4 is 5.73 Å². The maximum absolute atomic E-state index is 12.5. The van der Waals surface area contributed by atoms with Crippen molar-refractivity contribution in [1.29, 1.82) is 0 Å². The average molecular weight is 273 g/mol. The lowest BCUT2D eigenvalue weighted by Crippen LogP contribution is -2.60. The Bertz CT molecular complexity index is 364. The minimum atomic E-state index is -0.642. The fourth-order valence-corrected chi connectivity index (χ4v) is 2.58. The zero-order chi connectivity index (χ0) is 14.8. The first-order chi connectivity index (χ1) is 8.67. The Kier molecular flexibility index (Phi) is 4.58. The maximum atomic E-state index is 12.5. The highest BCUT2D eigenvalue weighted by Crippen LogP contribution is 2.34. The molecule has 2 amide bonds. The van der Waals surface area contributed by atoms with Crippen molar-refractivity contribution < 1.29 is 23.5 Å². The van der Waals surface area contributed by atoms with Crippen LogP contribution in [0.25, 0.3) is 0 Å². The summed E-state index contributed by atoms with van der Waals surface area (Å²) in [7, 11) is 1.29. The second kappa shape index (κ2) is 5.46. The Morgan fingerprint density at radius 2 is 1.89 bits per heavy atom. The molecule has 0 aromatic carbocycles. The van der Waals surface area contributed by atoms with Crippen molar-refractivity contribution in [1.82, 2.24) is 0 Å². The number of nitrogens with two attached hydrogens (primary N) is 1. The number of quaternary nitrogens is 1. The molecule has 1 aliphatic rings. The number of hydrogen-bond donors (Lipinski definition) is 1. The Hall–Kier alpha value is -1.14. The van der Waals surface area contributed by atoms with E-state index in [1.54, 1.807) is 20.8 Å². The minimum Gasteiger partial charge on any atom is -0.423 e. The van der Waals surface area contributed by atoms with Crippen molar-refractivity contribution in [2.45, 2.75) is 45.8 Å². The molecule has 1 rings (SSSR count). The van der Waals surface area contributed by atoms with Gasteiger partial charge < -0.3 is 15.2 Å². The van der Waals surface area contributed by atoms with Gasteiger partial charge in [-0.2, -0.15) is 9.59 Å². The molecular formula is C13H25N2O4+. The fourth-order valence-electron chi connectivity index (χ4n) is 2.58. The number of carbonyl (C=O) groups is 2. The van der Waals surface area contributed by atoms with Gasteiger partial charge in [-0.25, -0.2) is 0 Å². The molecule has 6 nitrogen and oxygen atoms in total. The molecule has 6 heteroatoms. The summed E-state index contributed by atoms with van der Waals surface area (Å²) < 4.78 is 9.81. The molecule has 0 saturated carbocycles. The summed E-state index contributed by atoms with van der Waals surface area (Å²) in [5.41, 5.74) is 5.03. The van der Waals surface area contributed by atoms with E-state index in [0.717, 1.165) is 0 Å². The molecule has 0 radical (unpaired) electrons. The molecule has 1 fully saturated rings. The summed E-state index contributed by atoms with van der Waals surface area (Å²) in [5, 5.41) is 0. The van der Waals surface area contributed by atoms with Crippen LogP contribution in [0, 0.1) is 5.92 Å². The predicted octanol–water partition coefficient (Wildman–Crippen LogP) is 1.87. The number of carbonyl (C=O) groups excluding carboxylic acids is 2. The molecule has 0 aromatic rings. The van der Waals surface area contributed by atoms with E-state index in [1.807, 2.05) is 6.92 Å².